The van der Waals surface area contributed by atoms with E-state index in [1.165, 1.54) is 11.1 Å². The molecule has 1 atom stereocenters. The lowest BCUT2D eigenvalue weighted by Crippen LogP contribution is -2.44. The van der Waals surface area contributed by atoms with E-state index in [9.17, 15) is 0 Å². The van der Waals surface area contributed by atoms with Crippen LogP contribution in [0.15, 0.2) is 60.7 Å². The topological polar surface area (TPSA) is 43.0 Å². The minimum Gasteiger partial charge on any atom is -0.493 e. The number of nitrogens with zero attached hydrogens (tertiary/aromatic N) is 1. The van der Waals surface area contributed by atoms with Gasteiger partial charge in [-0.05, 0) is 90.3 Å². The van der Waals surface area contributed by atoms with E-state index in [-0.39, 0.29) is 6.04 Å². The lowest BCUT2D eigenvalue weighted by atomic mass is 9.92. The molecule has 1 unspecified atom stereocenters. The molecular weight excluding hydrogens is 468 g/mol. The molecule has 0 spiro atoms. The van der Waals surface area contributed by atoms with Crippen molar-refractivity contribution in [3.8, 4) is 17.2 Å². The quantitative estimate of drug-likeness (QED) is 0.387. The van der Waals surface area contributed by atoms with E-state index < -0.39 is 0 Å². The minimum atomic E-state index is -0.0956. The van der Waals surface area contributed by atoms with Gasteiger partial charge in [-0.15, -0.1) is 0 Å². The Morgan fingerprint density at radius 1 is 1.03 bits per heavy atom. The Morgan fingerprint density at radius 2 is 1.71 bits per heavy atom. The second-order valence-corrected chi connectivity index (χ2v) is 8.93. The number of hydrogen-bond acceptors (Lipinski definition) is 4. The number of anilines is 1. The van der Waals surface area contributed by atoms with Gasteiger partial charge in [-0.25, -0.2) is 0 Å². The molecule has 1 aliphatic heterocycles. The van der Waals surface area contributed by atoms with E-state index in [1.807, 2.05) is 42.5 Å². The van der Waals surface area contributed by atoms with E-state index >= 15 is 0 Å². The van der Waals surface area contributed by atoms with Crippen molar-refractivity contribution in [2.75, 3.05) is 32.7 Å². The number of methoxy groups -OCH3 is 2. The smallest absolute Gasteiger partial charge is 0.174 e. The molecule has 0 bridgehead atoms. The number of aryl methyl sites for hydroxylation is 1. The third-order valence-electron chi connectivity index (χ3n) is 6.10. The van der Waals surface area contributed by atoms with Crippen molar-refractivity contribution < 1.29 is 14.2 Å². The zero-order valence-electron chi connectivity index (χ0n) is 19.6. The molecule has 0 amide bonds. The van der Waals surface area contributed by atoms with E-state index in [1.54, 1.807) is 14.2 Å². The van der Waals surface area contributed by atoms with Crippen LogP contribution in [0, 0.1) is 0 Å². The normalized spacial score (nSPS) is 14.8. The minimum absolute atomic E-state index is 0.0956. The van der Waals surface area contributed by atoms with E-state index in [4.69, 9.17) is 38.0 Å². The summed E-state index contributed by atoms with van der Waals surface area (Å²) >= 11 is 11.9. The Kier molecular flexibility index (Phi) is 7.80. The molecule has 7 heteroatoms. The first-order valence-electron chi connectivity index (χ1n) is 11.3. The summed E-state index contributed by atoms with van der Waals surface area (Å²) in [6, 6.07) is 19.8. The third-order valence-corrected chi connectivity index (χ3v) is 6.69. The van der Waals surface area contributed by atoms with Crippen LogP contribution in [-0.2, 0) is 12.8 Å². The Hall–Kier alpha value is -2.96. The fourth-order valence-electron chi connectivity index (χ4n) is 4.18. The number of rotatable bonds is 7. The molecule has 1 heterocycles. The summed E-state index contributed by atoms with van der Waals surface area (Å²) in [7, 11) is 3.31. The van der Waals surface area contributed by atoms with Gasteiger partial charge in [0, 0.05) is 17.3 Å². The van der Waals surface area contributed by atoms with Crippen molar-refractivity contribution in [3.63, 3.8) is 0 Å². The van der Waals surface area contributed by atoms with E-state index in [0.29, 0.717) is 22.5 Å². The van der Waals surface area contributed by atoms with Crippen LogP contribution < -0.4 is 19.5 Å². The van der Waals surface area contributed by atoms with Gasteiger partial charge in [0.2, 0.25) is 0 Å². The highest BCUT2D eigenvalue weighted by atomic mass is 35.5. The second kappa shape index (κ2) is 11.0. The summed E-state index contributed by atoms with van der Waals surface area (Å²) < 4.78 is 17.4. The average molecular weight is 497 g/mol. The summed E-state index contributed by atoms with van der Waals surface area (Å²) in [6.45, 7) is 3.34. The largest absolute Gasteiger partial charge is 0.493 e. The number of thiocarbonyl (C=S) groups is 1. The van der Waals surface area contributed by atoms with Crippen molar-refractivity contribution in [2.24, 2.45) is 0 Å². The maximum Gasteiger partial charge on any atom is 0.174 e. The molecule has 178 valence electrons. The maximum atomic E-state index is 6.26. The first-order chi connectivity index (χ1) is 16.5. The third kappa shape index (κ3) is 5.40. The molecule has 0 fully saturated rings. The number of fused-ring (bicyclic) bond motifs is 1. The van der Waals surface area contributed by atoms with Crippen molar-refractivity contribution in [1.29, 1.82) is 0 Å². The van der Waals surface area contributed by atoms with E-state index in [0.717, 1.165) is 42.1 Å². The first-order valence-corrected chi connectivity index (χ1v) is 12.1. The van der Waals surface area contributed by atoms with E-state index in [2.05, 4.69) is 35.3 Å². The fraction of sp³-hybridized carbons (Fsp3) is 0.296. The monoisotopic (exact) mass is 496 g/mol. The van der Waals surface area contributed by atoms with Gasteiger partial charge < -0.3 is 24.4 Å². The van der Waals surface area contributed by atoms with Crippen LogP contribution in [0.4, 0.5) is 5.69 Å². The standard InChI is InChI=1S/C27H29ClN2O3S/c1-4-18-5-11-22(12-6-18)33-17-24-23-16-26(32-3)25(31-2)15-19(23)13-14-30(24)27(34)29-21-9-7-20(28)8-10-21/h5-12,15-16,24H,4,13-14,17H2,1-3H3,(H,29,34). The van der Waals surface area contributed by atoms with Crippen molar-refractivity contribution in [2.45, 2.75) is 25.8 Å². The summed E-state index contributed by atoms with van der Waals surface area (Å²) in [5.74, 6) is 2.25. The molecule has 3 aromatic rings. The SMILES string of the molecule is CCc1ccc(OCC2c3cc(OC)c(OC)cc3CCN2C(=S)Nc2ccc(Cl)cc2)cc1. The van der Waals surface area contributed by atoms with Gasteiger partial charge in [-0.2, -0.15) is 0 Å². The molecule has 1 N–H and O–H groups in total. The molecule has 1 aliphatic rings. The molecule has 5 nitrogen and oxygen atoms in total. The van der Waals surface area contributed by atoms with Gasteiger partial charge in [0.15, 0.2) is 16.6 Å². The van der Waals surface area contributed by atoms with Gasteiger partial charge in [0.1, 0.15) is 12.4 Å². The molecule has 0 aliphatic carbocycles. The van der Waals surface area contributed by atoms with Crippen molar-refractivity contribution >= 4 is 34.6 Å². The number of hydrogen-bond donors (Lipinski definition) is 1. The lowest BCUT2D eigenvalue weighted by molar-refractivity contribution is 0.190. The number of halogens is 1. The van der Waals surface area contributed by atoms with Gasteiger partial charge in [-0.3, -0.25) is 0 Å². The zero-order chi connectivity index (χ0) is 24.1. The summed E-state index contributed by atoms with van der Waals surface area (Å²) in [4.78, 5) is 2.18. The molecule has 0 saturated carbocycles. The Labute approximate surface area is 211 Å². The van der Waals surface area contributed by atoms with Gasteiger partial charge in [0.05, 0.1) is 20.3 Å². The van der Waals surface area contributed by atoms with Crippen LogP contribution in [0.3, 0.4) is 0 Å². The highest BCUT2D eigenvalue weighted by Gasteiger charge is 2.31. The molecular formula is C27H29ClN2O3S. The van der Waals surface area contributed by atoms with Crippen LogP contribution in [-0.4, -0.2) is 37.4 Å². The molecule has 0 aromatic heterocycles. The molecule has 0 saturated heterocycles. The molecule has 34 heavy (non-hydrogen) atoms. The summed E-state index contributed by atoms with van der Waals surface area (Å²) in [5.41, 5.74) is 4.50. The van der Waals surface area contributed by atoms with Crippen molar-refractivity contribution in [3.05, 3.63) is 82.4 Å². The average Bonchev–Trinajstić information content (AvgIpc) is 2.87. The lowest BCUT2D eigenvalue weighted by Gasteiger charge is -2.39. The Morgan fingerprint density at radius 3 is 2.35 bits per heavy atom. The predicted molar refractivity (Wildman–Crippen MR) is 142 cm³/mol. The second-order valence-electron chi connectivity index (χ2n) is 8.11. The highest BCUT2D eigenvalue weighted by molar-refractivity contribution is 7.80. The summed E-state index contributed by atoms with van der Waals surface area (Å²) in [5, 5.41) is 4.67. The van der Waals surface area contributed by atoms with Crippen molar-refractivity contribution in [1.82, 2.24) is 4.90 Å². The zero-order valence-corrected chi connectivity index (χ0v) is 21.2. The van der Waals surface area contributed by atoms with Gasteiger partial charge in [0.25, 0.3) is 0 Å². The van der Waals surface area contributed by atoms with Crippen LogP contribution >= 0.6 is 23.8 Å². The first kappa shape index (κ1) is 24.2. The van der Waals surface area contributed by atoms with Crippen LogP contribution in [0.2, 0.25) is 5.02 Å². The number of nitrogens with one attached hydrogen (secondary N) is 1. The molecule has 3 aromatic carbocycles. The molecule has 4 rings (SSSR count). The summed E-state index contributed by atoms with van der Waals surface area (Å²) in [6.07, 6.45) is 1.83. The fourth-order valence-corrected chi connectivity index (χ4v) is 4.64. The van der Waals surface area contributed by atoms with Crippen LogP contribution in [0.5, 0.6) is 17.2 Å². The van der Waals surface area contributed by atoms with Crippen LogP contribution in [0.1, 0.15) is 29.7 Å². The molecule has 0 radical (unpaired) electrons. The highest BCUT2D eigenvalue weighted by Crippen LogP contribution is 2.38. The predicted octanol–water partition coefficient (Wildman–Crippen LogP) is 6.29. The Balaban J connectivity index is 1.62. The Bertz CT molecular complexity index is 1140. The van der Waals surface area contributed by atoms with Gasteiger partial charge in [-0.1, -0.05) is 30.7 Å². The van der Waals surface area contributed by atoms with Crippen LogP contribution in [0.25, 0.3) is 0 Å². The van der Waals surface area contributed by atoms with Gasteiger partial charge >= 0.3 is 0 Å². The maximum absolute atomic E-state index is 6.26. The number of benzene rings is 3. The number of ether oxygens (including phenoxy) is 3.